The van der Waals surface area contributed by atoms with Crippen molar-refractivity contribution in [3.8, 4) is 11.5 Å². The molecule has 0 bridgehead atoms. The van der Waals surface area contributed by atoms with Crippen LogP contribution in [0.5, 0.6) is 11.5 Å². The zero-order valence-corrected chi connectivity index (χ0v) is 17.2. The number of ether oxygens (including phenoxy) is 1. The molecule has 6 nitrogen and oxygen atoms in total. The van der Waals surface area contributed by atoms with Gasteiger partial charge in [-0.25, -0.2) is 4.39 Å². The van der Waals surface area contributed by atoms with Gasteiger partial charge in [0, 0.05) is 0 Å². The molecule has 0 unspecified atom stereocenters. The number of methoxy groups -OCH3 is 1. The Balaban J connectivity index is 1.93. The maximum atomic E-state index is 14.1. The Kier molecular flexibility index (Phi) is 5.73. The zero-order valence-electron chi connectivity index (χ0n) is 14.7. The minimum Gasteiger partial charge on any atom is -0.493 e. The number of anilines is 1. The maximum Gasteiger partial charge on any atom is 0.306 e. The van der Waals surface area contributed by atoms with Crippen LogP contribution in [0, 0.1) is 5.82 Å². The second kappa shape index (κ2) is 7.90. The van der Waals surface area contributed by atoms with Gasteiger partial charge in [-0.1, -0.05) is 42.2 Å². The van der Waals surface area contributed by atoms with Gasteiger partial charge in [-0.2, -0.15) is 8.42 Å². The summed E-state index contributed by atoms with van der Waals surface area (Å²) >= 11 is 6.27. The van der Waals surface area contributed by atoms with Crippen molar-refractivity contribution in [3.63, 3.8) is 0 Å². The number of hydrogen-bond acceptors (Lipinski definition) is 7. The van der Waals surface area contributed by atoms with Crippen LogP contribution >= 0.6 is 24.0 Å². The third-order valence-corrected chi connectivity index (χ3v) is 5.40. The van der Waals surface area contributed by atoms with Crippen LogP contribution in [0.15, 0.2) is 47.4 Å². The van der Waals surface area contributed by atoms with Crippen molar-refractivity contribution < 1.29 is 26.5 Å². The lowest BCUT2D eigenvalue weighted by Crippen LogP contribution is -2.28. The molecule has 0 aliphatic carbocycles. The van der Waals surface area contributed by atoms with Crippen LogP contribution in [0.25, 0.3) is 6.08 Å². The molecule has 10 heteroatoms. The van der Waals surface area contributed by atoms with Crippen LogP contribution < -0.4 is 13.8 Å². The lowest BCUT2D eigenvalue weighted by molar-refractivity contribution is -0.113. The van der Waals surface area contributed by atoms with Crippen molar-refractivity contribution in [2.45, 2.75) is 0 Å². The number of carbonyl (C=O) groups is 1. The largest absolute Gasteiger partial charge is 0.493 e. The highest BCUT2D eigenvalue weighted by molar-refractivity contribution is 8.27. The molecule has 0 saturated carbocycles. The molecule has 3 rings (SSSR count). The number of thioether (sulfide) groups is 1. The number of benzene rings is 2. The van der Waals surface area contributed by atoms with Gasteiger partial charge < -0.3 is 8.92 Å². The molecule has 2 aromatic carbocycles. The van der Waals surface area contributed by atoms with E-state index in [1.54, 1.807) is 18.2 Å². The van der Waals surface area contributed by atoms with Gasteiger partial charge in [-0.05, 0) is 35.9 Å². The SMILES string of the molecule is COc1cc(C=C2SC(=S)N(c3ccccc3F)C2=O)ccc1OS(C)(=O)=O. The third kappa shape index (κ3) is 4.34. The van der Waals surface area contributed by atoms with E-state index in [9.17, 15) is 17.6 Å². The van der Waals surface area contributed by atoms with Gasteiger partial charge >= 0.3 is 10.1 Å². The van der Waals surface area contributed by atoms with Gasteiger partial charge in [0.2, 0.25) is 0 Å². The number of amides is 1. The minimum absolute atomic E-state index is 0.0288. The summed E-state index contributed by atoms with van der Waals surface area (Å²) in [4.78, 5) is 14.2. The Hall–Kier alpha value is -2.43. The van der Waals surface area contributed by atoms with E-state index in [2.05, 4.69) is 0 Å². The molecule has 1 aliphatic rings. The van der Waals surface area contributed by atoms with Crippen LogP contribution in [0.1, 0.15) is 5.56 Å². The summed E-state index contributed by atoms with van der Waals surface area (Å²) in [7, 11) is -2.35. The van der Waals surface area contributed by atoms with Crippen molar-refractivity contribution in [1.29, 1.82) is 0 Å². The van der Waals surface area contributed by atoms with E-state index in [1.165, 1.54) is 37.4 Å². The fraction of sp³-hybridized carbons (Fsp3) is 0.111. The molecule has 1 amide bonds. The molecule has 28 heavy (non-hydrogen) atoms. The van der Waals surface area contributed by atoms with Crippen molar-refractivity contribution in [1.82, 2.24) is 0 Å². The highest BCUT2D eigenvalue weighted by Gasteiger charge is 2.34. The van der Waals surface area contributed by atoms with Gasteiger partial charge in [0.1, 0.15) is 5.82 Å². The number of thiocarbonyl (C=S) groups is 1. The summed E-state index contributed by atoms with van der Waals surface area (Å²) in [5.74, 6) is -0.788. The van der Waals surface area contributed by atoms with E-state index in [0.29, 0.717) is 10.5 Å². The van der Waals surface area contributed by atoms with E-state index in [1.807, 2.05) is 0 Å². The fourth-order valence-electron chi connectivity index (χ4n) is 2.47. The number of halogens is 1. The van der Waals surface area contributed by atoms with Gasteiger partial charge in [-0.3, -0.25) is 9.69 Å². The van der Waals surface area contributed by atoms with E-state index in [4.69, 9.17) is 21.1 Å². The van der Waals surface area contributed by atoms with Crippen LogP contribution in [-0.4, -0.2) is 32.0 Å². The molecule has 146 valence electrons. The Labute approximate surface area is 171 Å². The summed E-state index contributed by atoms with van der Waals surface area (Å²) < 4.78 is 46.9. The van der Waals surface area contributed by atoms with Gasteiger partial charge in [-0.15, -0.1) is 0 Å². The summed E-state index contributed by atoms with van der Waals surface area (Å²) in [6.45, 7) is 0. The first-order chi connectivity index (χ1) is 13.2. The van der Waals surface area contributed by atoms with Crippen LogP contribution in [-0.2, 0) is 14.9 Å². The molecule has 0 aromatic heterocycles. The Morgan fingerprint density at radius 3 is 2.54 bits per heavy atom. The third-order valence-electron chi connectivity index (χ3n) is 3.61. The number of nitrogens with zero attached hydrogens (tertiary/aromatic N) is 1. The van der Waals surface area contributed by atoms with Gasteiger partial charge in [0.25, 0.3) is 5.91 Å². The Bertz CT molecular complexity index is 1100. The predicted molar refractivity (Wildman–Crippen MR) is 111 cm³/mol. The normalized spacial score (nSPS) is 16.0. The van der Waals surface area contributed by atoms with Crippen LogP contribution in [0.2, 0.25) is 0 Å². The second-order valence-electron chi connectivity index (χ2n) is 5.67. The van der Waals surface area contributed by atoms with E-state index < -0.39 is 21.8 Å². The molecular formula is C18H14FNO5S3. The lowest BCUT2D eigenvalue weighted by atomic mass is 10.2. The number of para-hydroxylation sites is 1. The molecule has 0 N–H and O–H groups in total. The number of hydrogen-bond donors (Lipinski definition) is 0. The smallest absolute Gasteiger partial charge is 0.306 e. The van der Waals surface area contributed by atoms with Crippen molar-refractivity contribution >= 4 is 56.1 Å². The maximum absolute atomic E-state index is 14.1. The van der Waals surface area contributed by atoms with Crippen molar-refractivity contribution in [3.05, 3.63) is 58.8 Å². The fourth-order valence-corrected chi connectivity index (χ4v) is 4.21. The quantitative estimate of drug-likeness (QED) is 0.401. The van der Waals surface area contributed by atoms with Crippen LogP contribution in [0.3, 0.4) is 0 Å². The molecular weight excluding hydrogens is 425 g/mol. The lowest BCUT2D eigenvalue weighted by Gasteiger charge is -2.14. The molecule has 0 atom stereocenters. The highest BCUT2D eigenvalue weighted by Crippen LogP contribution is 2.38. The second-order valence-corrected chi connectivity index (χ2v) is 8.92. The molecule has 1 saturated heterocycles. The molecule has 1 fully saturated rings. The standard InChI is InChI=1S/C18H14FNO5S3/c1-24-15-9-11(7-8-14(15)25-28(2,22)23)10-16-17(21)20(18(26)27-16)13-6-4-3-5-12(13)19/h3-10H,1-2H3. The molecule has 0 spiro atoms. The van der Waals surface area contributed by atoms with E-state index in [-0.39, 0.29) is 21.5 Å². The average Bonchev–Trinajstić information content (AvgIpc) is 2.89. The monoisotopic (exact) mass is 439 g/mol. The van der Waals surface area contributed by atoms with E-state index in [0.717, 1.165) is 22.9 Å². The minimum atomic E-state index is -3.72. The van der Waals surface area contributed by atoms with Gasteiger partial charge in [0.05, 0.1) is 24.0 Å². The first-order valence-corrected chi connectivity index (χ1v) is 10.8. The number of rotatable bonds is 5. The Morgan fingerprint density at radius 2 is 1.89 bits per heavy atom. The summed E-state index contributed by atoms with van der Waals surface area (Å²) in [6.07, 6.45) is 2.49. The van der Waals surface area contributed by atoms with Crippen molar-refractivity contribution in [2.75, 3.05) is 18.3 Å². The van der Waals surface area contributed by atoms with Crippen molar-refractivity contribution in [2.24, 2.45) is 0 Å². The molecule has 1 heterocycles. The van der Waals surface area contributed by atoms with Gasteiger partial charge in [0.15, 0.2) is 15.8 Å². The molecule has 1 aliphatic heterocycles. The summed E-state index contributed by atoms with van der Waals surface area (Å²) in [6, 6.07) is 10.4. The first-order valence-electron chi connectivity index (χ1n) is 7.79. The summed E-state index contributed by atoms with van der Waals surface area (Å²) in [5.41, 5.74) is 0.648. The highest BCUT2D eigenvalue weighted by atomic mass is 32.2. The predicted octanol–water partition coefficient (Wildman–Crippen LogP) is 3.58. The average molecular weight is 440 g/mol. The number of carbonyl (C=O) groups excluding carboxylic acids is 1. The molecule has 2 aromatic rings. The molecule has 0 radical (unpaired) electrons. The van der Waals surface area contributed by atoms with Crippen LogP contribution in [0.4, 0.5) is 10.1 Å². The topological polar surface area (TPSA) is 72.9 Å². The summed E-state index contributed by atoms with van der Waals surface area (Å²) in [5, 5.41) is 0. The first kappa shape index (κ1) is 20.3. The zero-order chi connectivity index (χ0) is 20.5. The van der Waals surface area contributed by atoms with E-state index >= 15 is 0 Å². The Morgan fingerprint density at radius 1 is 1.18 bits per heavy atom.